The minimum atomic E-state index is 0.130. The van der Waals surface area contributed by atoms with Crippen molar-refractivity contribution in [3.05, 3.63) is 94.5 Å². The Labute approximate surface area is 200 Å². The van der Waals surface area contributed by atoms with Crippen LogP contribution in [0.25, 0.3) is 0 Å². The molecule has 0 saturated heterocycles. The van der Waals surface area contributed by atoms with Gasteiger partial charge in [-0.2, -0.15) is 0 Å². The molecule has 4 aromatic carbocycles. The lowest BCUT2D eigenvalue weighted by Crippen LogP contribution is -2.14. The zero-order valence-corrected chi connectivity index (χ0v) is 20.0. The van der Waals surface area contributed by atoms with Crippen molar-refractivity contribution in [2.45, 2.75) is 34.6 Å². The third kappa shape index (κ3) is 4.37. The largest absolute Gasteiger partial charge is 0.508 e. The Bertz CT molecular complexity index is 1320. The van der Waals surface area contributed by atoms with Crippen LogP contribution in [0.4, 0.5) is 17.1 Å². The molecule has 0 aliphatic heterocycles. The van der Waals surface area contributed by atoms with Crippen LogP contribution in [-0.2, 0) is 0 Å². The summed E-state index contributed by atoms with van der Waals surface area (Å²) >= 11 is 0. The highest BCUT2D eigenvalue weighted by atomic mass is 16.5. The molecule has 0 fully saturated rings. The van der Waals surface area contributed by atoms with Crippen molar-refractivity contribution in [3.63, 3.8) is 0 Å². The Morgan fingerprint density at radius 3 is 1.68 bits per heavy atom. The number of aromatic hydroxyl groups is 3. The van der Waals surface area contributed by atoms with E-state index in [1.54, 1.807) is 24.3 Å². The minimum absolute atomic E-state index is 0.130. The fourth-order valence-corrected chi connectivity index (χ4v) is 3.99. The summed E-state index contributed by atoms with van der Waals surface area (Å²) in [6, 6.07) is 20.1. The van der Waals surface area contributed by atoms with Crippen LogP contribution >= 0.6 is 0 Å². The monoisotopic (exact) mass is 455 g/mol. The fourth-order valence-electron chi connectivity index (χ4n) is 3.99. The van der Waals surface area contributed by atoms with Gasteiger partial charge in [0.05, 0.1) is 5.69 Å². The summed E-state index contributed by atoms with van der Waals surface area (Å²) in [4.78, 5) is 2.08. The third-order valence-corrected chi connectivity index (χ3v) is 6.01. The zero-order valence-electron chi connectivity index (χ0n) is 20.0. The molecule has 0 radical (unpaired) electrons. The number of benzene rings is 4. The van der Waals surface area contributed by atoms with Crippen molar-refractivity contribution in [1.82, 2.24) is 0 Å². The second kappa shape index (κ2) is 9.02. The van der Waals surface area contributed by atoms with E-state index in [9.17, 15) is 15.3 Å². The molecule has 0 aliphatic rings. The van der Waals surface area contributed by atoms with Crippen molar-refractivity contribution >= 4 is 17.1 Å². The number of phenols is 3. The molecule has 5 heteroatoms. The maximum Gasteiger partial charge on any atom is 0.151 e. The standard InChI is InChI=1S/C29H29NO4/c1-17-10-11-22(31)16-29(17)34-28-9-7-6-8-23(28)30(24-12-20(4)26(32)14-18(24)2)25-13-21(5)27(33)15-19(25)3/h6-16,31-33H,1-5H3. The Balaban J connectivity index is 1.97. The van der Waals surface area contributed by atoms with Gasteiger partial charge >= 0.3 is 0 Å². The van der Waals surface area contributed by atoms with E-state index in [4.69, 9.17) is 4.74 Å². The molecule has 34 heavy (non-hydrogen) atoms. The number of para-hydroxylation sites is 2. The van der Waals surface area contributed by atoms with Gasteiger partial charge in [0.25, 0.3) is 0 Å². The molecule has 0 aromatic heterocycles. The first-order valence-corrected chi connectivity index (χ1v) is 11.1. The molecule has 0 bridgehead atoms. The van der Waals surface area contributed by atoms with E-state index in [1.165, 1.54) is 0 Å². The van der Waals surface area contributed by atoms with Gasteiger partial charge in [-0.1, -0.05) is 18.2 Å². The van der Waals surface area contributed by atoms with Gasteiger partial charge in [-0.25, -0.2) is 0 Å². The van der Waals surface area contributed by atoms with Crippen LogP contribution in [-0.4, -0.2) is 15.3 Å². The summed E-state index contributed by atoms with van der Waals surface area (Å²) in [7, 11) is 0. The molecule has 0 atom stereocenters. The van der Waals surface area contributed by atoms with Gasteiger partial charge in [0.2, 0.25) is 0 Å². The minimum Gasteiger partial charge on any atom is -0.508 e. The second-order valence-corrected chi connectivity index (χ2v) is 8.71. The zero-order chi connectivity index (χ0) is 24.6. The lowest BCUT2D eigenvalue weighted by molar-refractivity contribution is 0.453. The number of aryl methyl sites for hydroxylation is 5. The van der Waals surface area contributed by atoms with Gasteiger partial charge in [-0.05, 0) is 105 Å². The molecule has 0 aliphatic carbocycles. The highest BCUT2D eigenvalue weighted by Crippen LogP contribution is 2.46. The van der Waals surface area contributed by atoms with Crippen LogP contribution in [0, 0.1) is 34.6 Å². The van der Waals surface area contributed by atoms with Crippen molar-refractivity contribution in [2.24, 2.45) is 0 Å². The Hall–Kier alpha value is -4.12. The summed E-state index contributed by atoms with van der Waals surface area (Å²) < 4.78 is 6.33. The molecule has 0 unspecified atom stereocenters. The first kappa shape index (κ1) is 23.1. The van der Waals surface area contributed by atoms with Gasteiger partial charge in [0.15, 0.2) is 5.75 Å². The predicted molar refractivity (Wildman–Crippen MR) is 136 cm³/mol. The number of hydrogen-bond acceptors (Lipinski definition) is 5. The van der Waals surface area contributed by atoms with Crippen molar-refractivity contribution in [2.75, 3.05) is 4.90 Å². The maximum atomic E-state index is 10.3. The summed E-state index contributed by atoms with van der Waals surface area (Å²) in [6.45, 7) is 9.56. The van der Waals surface area contributed by atoms with Gasteiger partial charge < -0.3 is 25.0 Å². The molecule has 0 heterocycles. The van der Waals surface area contributed by atoms with E-state index in [-0.39, 0.29) is 17.2 Å². The number of ether oxygens (including phenoxy) is 1. The SMILES string of the molecule is Cc1cc(N(c2cc(C)c(O)cc2C)c2ccccc2Oc2cc(O)ccc2C)c(C)cc1O. The summed E-state index contributed by atoms with van der Waals surface area (Å²) in [6.07, 6.45) is 0. The smallest absolute Gasteiger partial charge is 0.151 e. The average Bonchev–Trinajstić information content (AvgIpc) is 2.79. The van der Waals surface area contributed by atoms with Gasteiger partial charge in [0.1, 0.15) is 23.0 Å². The van der Waals surface area contributed by atoms with Crippen LogP contribution in [0.1, 0.15) is 27.8 Å². The van der Waals surface area contributed by atoms with Gasteiger partial charge in [-0.3, -0.25) is 0 Å². The molecule has 0 spiro atoms. The number of hydrogen-bond donors (Lipinski definition) is 3. The molecule has 4 rings (SSSR count). The number of phenolic OH excluding ortho intramolecular Hbond substituents is 3. The lowest BCUT2D eigenvalue weighted by Gasteiger charge is -2.31. The summed E-state index contributed by atoms with van der Waals surface area (Å²) in [5.41, 5.74) is 6.72. The van der Waals surface area contributed by atoms with Crippen LogP contribution in [0.3, 0.4) is 0 Å². The predicted octanol–water partition coefficient (Wildman–Crippen LogP) is 7.61. The van der Waals surface area contributed by atoms with E-state index in [1.807, 2.05) is 77.1 Å². The van der Waals surface area contributed by atoms with E-state index in [2.05, 4.69) is 4.90 Å². The molecular weight excluding hydrogens is 426 g/mol. The van der Waals surface area contributed by atoms with Gasteiger partial charge in [0, 0.05) is 17.4 Å². The van der Waals surface area contributed by atoms with E-state index in [0.29, 0.717) is 11.5 Å². The second-order valence-electron chi connectivity index (χ2n) is 8.71. The summed E-state index contributed by atoms with van der Waals surface area (Å²) in [5, 5.41) is 30.6. The topological polar surface area (TPSA) is 73.2 Å². The molecule has 3 N–H and O–H groups in total. The molecule has 0 saturated carbocycles. The third-order valence-electron chi connectivity index (χ3n) is 6.01. The molecule has 5 nitrogen and oxygen atoms in total. The maximum absolute atomic E-state index is 10.3. The average molecular weight is 456 g/mol. The van der Waals surface area contributed by atoms with Crippen molar-refractivity contribution in [1.29, 1.82) is 0 Å². The van der Waals surface area contributed by atoms with E-state index in [0.717, 1.165) is 44.9 Å². The first-order valence-electron chi connectivity index (χ1n) is 11.1. The van der Waals surface area contributed by atoms with E-state index < -0.39 is 0 Å². The summed E-state index contributed by atoms with van der Waals surface area (Å²) in [5.74, 6) is 1.76. The van der Waals surface area contributed by atoms with Crippen molar-refractivity contribution in [3.8, 4) is 28.7 Å². The number of nitrogens with zero attached hydrogens (tertiary/aromatic N) is 1. The normalized spacial score (nSPS) is 10.9. The van der Waals surface area contributed by atoms with Crippen LogP contribution in [0.2, 0.25) is 0 Å². The molecule has 4 aromatic rings. The fraction of sp³-hybridized carbons (Fsp3) is 0.172. The van der Waals surface area contributed by atoms with Gasteiger partial charge in [-0.15, -0.1) is 0 Å². The van der Waals surface area contributed by atoms with E-state index >= 15 is 0 Å². The quantitative estimate of drug-likeness (QED) is 0.289. The first-order chi connectivity index (χ1) is 16.2. The molecule has 174 valence electrons. The van der Waals surface area contributed by atoms with Crippen LogP contribution in [0.5, 0.6) is 28.7 Å². The Morgan fingerprint density at radius 2 is 1.09 bits per heavy atom. The van der Waals surface area contributed by atoms with Crippen molar-refractivity contribution < 1.29 is 20.1 Å². The highest BCUT2D eigenvalue weighted by Gasteiger charge is 2.22. The number of rotatable bonds is 5. The lowest BCUT2D eigenvalue weighted by atomic mass is 10.0. The Morgan fingerprint density at radius 1 is 0.529 bits per heavy atom. The highest BCUT2D eigenvalue weighted by molar-refractivity contribution is 5.84. The van der Waals surface area contributed by atoms with Crippen LogP contribution < -0.4 is 9.64 Å². The molecular formula is C29H29NO4. The Kier molecular flexibility index (Phi) is 6.12. The van der Waals surface area contributed by atoms with Crippen LogP contribution in [0.15, 0.2) is 66.7 Å². The number of anilines is 3. The molecule has 0 amide bonds.